The van der Waals surface area contributed by atoms with E-state index in [2.05, 4.69) is 22.0 Å². The number of halogens is 1. The molecule has 3 aromatic carbocycles. The molecule has 0 aliphatic carbocycles. The molecule has 1 aromatic heterocycles. The number of nitrogens with zero attached hydrogens (tertiary/aromatic N) is 2. The Hall–Kier alpha value is -3.96. The van der Waals surface area contributed by atoms with E-state index in [4.69, 9.17) is 16.3 Å². The molecule has 0 bridgehead atoms. The molecule has 1 unspecified atom stereocenters. The smallest absolute Gasteiger partial charge is 0.278 e. The summed E-state index contributed by atoms with van der Waals surface area (Å²) in [4.78, 5) is 28.4. The fraction of sp³-hybridized carbons (Fsp3) is 0.281. The molecule has 1 saturated heterocycles. The van der Waals surface area contributed by atoms with E-state index in [1.807, 2.05) is 42.5 Å². The summed E-state index contributed by atoms with van der Waals surface area (Å²) in [6.45, 7) is 1.74. The van der Waals surface area contributed by atoms with Crippen molar-refractivity contribution in [2.75, 3.05) is 20.3 Å². The third-order valence-corrected chi connectivity index (χ3v) is 7.40. The number of aromatic nitrogens is 2. The maximum absolute atomic E-state index is 13.7. The summed E-state index contributed by atoms with van der Waals surface area (Å²) in [5.74, 6) is 5.89. The molecule has 2 heterocycles. The SMILES string of the molecule is CN(Cc1ccc(Cl)cc1)C(=O)c1n[nH]c2c(C#CC(O)c3ccccc3)cc(CC3CCOCC3)cc2c1=O. The number of hydrogen-bond acceptors (Lipinski definition) is 5. The van der Waals surface area contributed by atoms with Crippen LogP contribution in [0.15, 0.2) is 71.5 Å². The van der Waals surface area contributed by atoms with E-state index in [9.17, 15) is 14.7 Å². The van der Waals surface area contributed by atoms with Crippen molar-refractivity contribution in [3.8, 4) is 11.8 Å². The first-order valence-corrected chi connectivity index (χ1v) is 13.6. The van der Waals surface area contributed by atoms with Crippen molar-refractivity contribution in [3.63, 3.8) is 0 Å². The maximum Gasteiger partial charge on any atom is 0.278 e. The van der Waals surface area contributed by atoms with Crippen LogP contribution in [0.2, 0.25) is 5.02 Å². The van der Waals surface area contributed by atoms with E-state index >= 15 is 0 Å². The van der Waals surface area contributed by atoms with Gasteiger partial charge in [-0.05, 0) is 66.1 Å². The average molecular weight is 556 g/mol. The van der Waals surface area contributed by atoms with Crippen LogP contribution in [0.25, 0.3) is 10.9 Å². The highest BCUT2D eigenvalue weighted by Crippen LogP contribution is 2.24. The highest BCUT2D eigenvalue weighted by molar-refractivity contribution is 6.30. The summed E-state index contributed by atoms with van der Waals surface area (Å²) in [5.41, 5.74) is 2.85. The van der Waals surface area contributed by atoms with Crippen molar-refractivity contribution in [1.82, 2.24) is 15.1 Å². The summed E-state index contributed by atoms with van der Waals surface area (Å²) in [7, 11) is 1.63. The molecule has 1 aliphatic heterocycles. The molecule has 1 aliphatic rings. The minimum absolute atomic E-state index is 0.185. The summed E-state index contributed by atoms with van der Waals surface area (Å²) in [6.07, 6.45) is 1.66. The monoisotopic (exact) mass is 555 g/mol. The predicted octanol–water partition coefficient (Wildman–Crippen LogP) is 4.90. The van der Waals surface area contributed by atoms with Crippen LogP contribution >= 0.6 is 11.6 Å². The van der Waals surface area contributed by atoms with Crippen LogP contribution < -0.4 is 5.43 Å². The van der Waals surface area contributed by atoms with Gasteiger partial charge in [-0.25, -0.2) is 0 Å². The molecule has 4 aromatic rings. The van der Waals surface area contributed by atoms with Gasteiger partial charge in [0, 0.05) is 31.8 Å². The number of hydrogen-bond donors (Lipinski definition) is 2. The zero-order chi connectivity index (χ0) is 28.1. The van der Waals surface area contributed by atoms with E-state index in [0.29, 0.717) is 39.5 Å². The van der Waals surface area contributed by atoms with Crippen molar-refractivity contribution in [3.05, 3.63) is 110 Å². The van der Waals surface area contributed by atoms with Crippen LogP contribution in [0.4, 0.5) is 0 Å². The van der Waals surface area contributed by atoms with Gasteiger partial charge in [0.25, 0.3) is 5.91 Å². The van der Waals surface area contributed by atoms with Crippen LogP contribution in [-0.2, 0) is 17.7 Å². The maximum atomic E-state index is 13.7. The Labute approximate surface area is 237 Å². The van der Waals surface area contributed by atoms with Gasteiger partial charge in [0.15, 0.2) is 5.69 Å². The molecule has 0 saturated carbocycles. The van der Waals surface area contributed by atoms with Crippen LogP contribution in [0, 0.1) is 17.8 Å². The number of ether oxygens (including phenoxy) is 1. The lowest BCUT2D eigenvalue weighted by Crippen LogP contribution is -2.32. The minimum atomic E-state index is -0.988. The van der Waals surface area contributed by atoms with Gasteiger partial charge in [-0.2, -0.15) is 5.10 Å². The molecule has 40 heavy (non-hydrogen) atoms. The van der Waals surface area contributed by atoms with Crippen molar-refractivity contribution in [2.24, 2.45) is 5.92 Å². The van der Waals surface area contributed by atoms with E-state index < -0.39 is 17.4 Å². The fourth-order valence-electron chi connectivity index (χ4n) is 4.92. The number of carbonyl (C=O) groups excluding carboxylic acids is 1. The molecule has 7 nitrogen and oxygen atoms in total. The van der Waals surface area contributed by atoms with Crippen LogP contribution in [0.3, 0.4) is 0 Å². The first-order chi connectivity index (χ1) is 19.4. The lowest BCUT2D eigenvalue weighted by molar-refractivity contribution is 0.0665. The molecule has 8 heteroatoms. The number of nitrogens with one attached hydrogen (secondary N) is 1. The molecule has 2 N–H and O–H groups in total. The largest absolute Gasteiger partial charge is 0.381 e. The number of carbonyl (C=O) groups is 1. The molecule has 1 amide bonds. The zero-order valence-electron chi connectivity index (χ0n) is 22.2. The summed E-state index contributed by atoms with van der Waals surface area (Å²) in [5, 5.41) is 18.7. The third kappa shape index (κ3) is 6.43. The highest BCUT2D eigenvalue weighted by atomic mass is 35.5. The number of aliphatic hydroxyl groups excluding tert-OH is 1. The number of amides is 1. The minimum Gasteiger partial charge on any atom is -0.381 e. The Morgan fingerprint density at radius 1 is 1.12 bits per heavy atom. The van der Waals surface area contributed by atoms with Crippen LogP contribution in [-0.4, -0.2) is 46.4 Å². The number of H-pyrrole nitrogens is 1. The van der Waals surface area contributed by atoms with Gasteiger partial charge >= 0.3 is 0 Å². The van der Waals surface area contributed by atoms with Crippen LogP contribution in [0.1, 0.15) is 51.7 Å². The van der Waals surface area contributed by atoms with Crippen molar-refractivity contribution < 1.29 is 14.6 Å². The fourth-order valence-corrected chi connectivity index (χ4v) is 5.04. The lowest BCUT2D eigenvalue weighted by Gasteiger charge is -2.22. The number of benzene rings is 3. The van der Waals surface area contributed by atoms with E-state index in [-0.39, 0.29) is 5.69 Å². The molecule has 0 spiro atoms. The first-order valence-electron chi connectivity index (χ1n) is 13.3. The number of fused-ring (bicyclic) bond motifs is 1. The molecular weight excluding hydrogens is 526 g/mol. The Kier molecular flexibility index (Phi) is 8.61. The first kappa shape index (κ1) is 27.6. The second kappa shape index (κ2) is 12.5. The van der Waals surface area contributed by atoms with E-state index in [0.717, 1.165) is 43.6 Å². The Morgan fingerprint density at radius 3 is 2.58 bits per heavy atom. The number of aromatic amines is 1. The van der Waals surface area contributed by atoms with Gasteiger partial charge in [0.2, 0.25) is 5.43 Å². The van der Waals surface area contributed by atoms with E-state index in [1.54, 1.807) is 31.3 Å². The summed E-state index contributed by atoms with van der Waals surface area (Å²) in [6, 6.07) is 20.1. The quantitative estimate of drug-likeness (QED) is 0.330. The summed E-state index contributed by atoms with van der Waals surface area (Å²) >= 11 is 5.98. The van der Waals surface area contributed by atoms with Crippen molar-refractivity contribution in [2.45, 2.75) is 31.9 Å². The summed E-state index contributed by atoms with van der Waals surface area (Å²) < 4.78 is 5.51. The molecule has 5 rings (SSSR count). The zero-order valence-corrected chi connectivity index (χ0v) is 22.9. The highest BCUT2D eigenvalue weighted by Gasteiger charge is 2.22. The standard InChI is InChI=1S/C32H30ClN3O4/c1-36(20-22-7-10-26(33)11-8-22)32(39)30-31(38)27-19-23(17-21-13-15-40-16-14-21)18-25(29(27)34-35-30)9-12-28(37)24-5-3-2-4-6-24/h2-8,10-11,18-19,21,28,37H,13-17,20H2,1H3,(H,34,38). The normalized spacial score (nSPS) is 14.4. The van der Waals surface area contributed by atoms with Gasteiger partial charge in [-0.3, -0.25) is 14.7 Å². The molecular formula is C32H30ClN3O4. The van der Waals surface area contributed by atoms with Crippen LogP contribution in [0.5, 0.6) is 0 Å². The average Bonchev–Trinajstić information content (AvgIpc) is 2.98. The van der Waals surface area contributed by atoms with Gasteiger partial charge in [0.05, 0.1) is 16.5 Å². The van der Waals surface area contributed by atoms with Crippen molar-refractivity contribution >= 4 is 28.4 Å². The third-order valence-electron chi connectivity index (χ3n) is 7.14. The topological polar surface area (TPSA) is 95.5 Å². The van der Waals surface area contributed by atoms with E-state index in [1.165, 1.54) is 4.90 Å². The Balaban J connectivity index is 1.51. The number of rotatable bonds is 6. The number of aliphatic hydroxyl groups is 1. The lowest BCUT2D eigenvalue weighted by atomic mass is 9.91. The molecule has 1 atom stereocenters. The second-order valence-electron chi connectivity index (χ2n) is 10.1. The Morgan fingerprint density at radius 2 is 1.85 bits per heavy atom. The van der Waals surface area contributed by atoms with Gasteiger partial charge in [-0.1, -0.05) is 65.9 Å². The molecule has 1 fully saturated rings. The molecule has 204 valence electrons. The second-order valence-corrected chi connectivity index (χ2v) is 10.5. The van der Waals surface area contributed by atoms with Gasteiger partial charge < -0.3 is 14.7 Å². The molecule has 0 radical (unpaired) electrons. The predicted molar refractivity (Wildman–Crippen MR) is 155 cm³/mol. The van der Waals surface area contributed by atoms with Gasteiger partial charge in [0.1, 0.15) is 6.10 Å². The Bertz CT molecular complexity index is 1620. The van der Waals surface area contributed by atoms with Gasteiger partial charge in [-0.15, -0.1) is 0 Å². The van der Waals surface area contributed by atoms with Crippen molar-refractivity contribution in [1.29, 1.82) is 0 Å².